The van der Waals surface area contributed by atoms with Crippen molar-refractivity contribution in [1.82, 2.24) is 0 Å². The highest BCUT2D eigenvalue weighted by Crippen LogP contribution is 2.32. The zero-order chi connectivity index (χ0) is 18.3. The molecule has 0 aliphatic heterocycles. The van der Waals surface area contributed by atoms with Crippen LogP contribution in [0.15, 0.2) is 12.1 Å². The lowest BCUT2D eigenvalue weighted by atomic mass is 9.88. The minimum absolute atomic E-state index is 0.0555. The molecule has 0 aliphatic rings. The first kappa shape index (κ1) is 16.9. The number of hydrogen-bond acceptors (Lipinski definition) is 4. The summed E-state index contributed by atoms with van der Waals surface area (Å²) in [6.07, 6.45) is 0. The molecule has 0 spiro atoms. The van der Waals surface area contributed by atoms with Gasteiger partial charge in [-0.05, 0) is 47.9 Å². The Morgan fingerprint density at radius 2 is 0.917 bits per heavy atom. The van der Waals surface area contributed by atoms with Crippen molar-refractivity contribution in [2.45, 2.75) is 13.8 Å². The summed E-state index contributed by atoms with van der Waals surface area (Å²) in [7, 11) is 0. The second-order valence-electron chi connectivity index (χ2n) is 5.16. The monoisotopic (exact) mass is 332 g/mol. The van der Waals surface area contributed by atoms with E-state index in [1.807, 2.05) is 0 Å². The summed E-state index contributed by atoms with van der Waals surface area (Å²) in [6.45, 7) is 2.70. The Balaban J connectivity index is 3.13. The van der Waals surface area contributed by atoms with E-state index < -0.39 is 46.1 Å². The Bertz CT molecular complexity index is 862. The number of carboxylic acid groups (broad SMARTS) is 4. The van der Waals surface area contributed by atoms with Crippen molar-refractivity contribution in [3.8, 4) is 0 Å². The Hall–Kier alpha value is -3.42. The second kappa shape index (κ2) is 5.65. The quantitative estimate of drug-likeness (QED) is 0.666. The van der Waals surface area contributed by atoms with Gasteiger partial charge in [0.05, 0.1) is 22.3 Å². The van der Waals surface area contributed by atoms with Crippen LogP contribution in [0.1, 0.15) is 52.6 Å². The molecule has 0 atom stereocenters. The second-order valence-corrected chi connectivity index (χ2v) is 5.16. The van der Waals surface area contributed by atoms with Gasteiger partial charge in [0, 0.05) is 0 Å². The number of aromatic carboxylic acids is 4. The van der Waals surface area contributed by atoms with Gasteiger partial charge >= 0.3 is 23.9 Å². The third-order valence-electron chi connectivity index (χ3n) is 3.85. The highest BCUT2D eigenvalue weighted by atomic mass is 16.4. The summed E-state index contributed by atoms with van der Waals surface area (Å²) in [6, 6.07) is 2.11. The summed E-state index contributed by atoms with van der Waals surface area (Å²) in [5.41, 5.74) is -1.80. The highest BCUT2D eigenvalue weighted by Gasteiger charge is 2.26. The van der Waals surface area contributed by atoms with Gasteiger partial charge in [0.2, 0.25) is 0 Å². The number of carboxylic acids is 4. The Kier molecular flexibility index (Phi) is 3.99. The van der Waals surface area contributed by atoms with Gasteiger partial charge in [-0.2, -0.15) is 0 Å². The first-order valence-corrected chi connectivity index (χ1v) is 6.62. The fourth-order valence-corrected chi connectivity index (χ4v) is 2.77. The summed E-state index contributed by atoms with van der Waals surface area (Å²) >= 11 is 0. The van der Waals surface area contributed by atoms with Crippen LogP contribution in [-0.4, -0.2) is 44.3 Å². The van der Waals surface area contributed by atoms with Gasteiger partial charge < -0.3 is 20.4 Å². The molecule has 0 aromatic heterocycles. The van der Waals surface area contributed by atoms with Crippen LogP contribution in [0, 0.1) is 13.8 Å². The SMILES string of the molecule is Cc1c(C(=O)O)c(C(=O)O)cc2c(C)c(C(=O)O)c(C(=O)O)cc12. The first-order chi connectivity index (χ1) is 11.1. The van der Waals surface area contributed by atoms with Gasteiger partial charge in [-0.15, -0.1) is 0 Å². The molecular formula is C16H12O8. The topological polar surface area (TPSA) is 149 Å². The van der Waals surface area contributed by atoms with E-state index in [0.29, 0.717) is 0 Å². The first-order valence-electron chi connectivity index (χ1n) is 6.62. The fraction of sp³-hybridized carbons (Fsp3) is 0.125. The van der Waals surface area contributed by atoms with Crippen LogP contribution < -0.4 is 0 Å². The number of benzene rings is 2. The summed E-state index contributed by atoms with van der Waals surface area (Å²) in [5, 5.41) is 37.4. The Morgan fingerprint density at radius 1 is 0.625 bits per heavy atom. The van der Waals surface area contributed by atoms with Crippen molar-refractivity contribution >= 4 is 34.6 Å². The molecule has 0 saturated heterocycles. The van der Waals surface area contributed by atoms with Gasteiger partial charge in [-0.3, -0.25) is 0 Å². The van der Waals surface area contributed by atoms with Crippen LogP contribution in [-0.2, 0) is 0 Å². The van der Waals surface area contributed by atoms with Crippen LogP contribution >= 0.6 is 0 Å². The molecule has 2 rings (SSSR count). The molecule has 0 unspecified atom stereocenters. The average Bonchev–Trinajstić information content (AvgIpc) is 2.45. The molecule has 8 heteroatoms. The number of hydrogen-bond donors (Lipinski definition) is 4. The fourth-order valence-electron chi connectivity index (χ4n) is 2.77. The number of rotatable bonds is 4. The lowest BCUT2D eigenvalue weighted by Crippen LogP contribution is -2.14. The van der Waals surface area contributed by atoms with Crippen LogP contribution in [0.5, 0.6) is 0 Å². The van der Waals surface area contributed by atoms with Gasteiger partial charge in [-0.1, -0.05) is 0 Å². The Labute approximate surface area is 134 Å². The molecule has 2 aromatic carbocycles. The van der Waals surface area contributed by atoms with E-state index in [9.17, 15) is 39.6 Å². The van der Waals surface area contributed by atoms with Crippen LogP contribution in [0.4, 0.5) is 0 Å². The molecule has 24 heavy (non-hydrogen) atoms. The maximum absolute atomic E-state index is 11.4. The zero-order valence-corrected chi connectivity index (χ0v) is 12.6. The maximum atomic E-state index is 11.4. The van der Waals surface area contributed by atoms with Crippen molar-refractivity contribution in [3.05, 3.63) is 45.5 Å². The van der Waals surface area contributed by atoms with Crippen LogP contribution in [0.3, 0.4) is 0 Å². The molecule has 0 radical (unpaired) electrons. The molecule has 0 bridgehead atoms. The van der Waals surface area contributed by atoms with E-state index in [-0.39, 0.29) is 21.9 Å². The van der Waals surface area contributed by atoms with Crippen LogP contribution in [0.25, 0.3) is 10.8 Å². The third kappa shape index (κ3) is 2.43. The largest absolute Gasteiger partial charge is 0.478 e. The van der Waals surface area contributed by atoms with Gasteiger partial charge in [0.15, 0.2) is 0 Å². The predicted molar refractivity (Wildman–Crippen MR) is 81.3 cm³/mol. The smallest absolute Gasteiger partial charge is 0.336 e. The molecule has 0 heterocycles. The van der Waals surface area contributed by atoms with Gasteiger partial charge in [0.25, 0.3) is 0 Å². The molecule has 124 valence electrons. The number of fused-ring (bicyclic) bond motifs is 1. The van der Waals surface area contributed by atoms with Crippen molar-refractivity contribution in [3.63, 3.8) is 0 Å². The lowest BCUT2D eigenvalue weighted by molar-refractivity contribution is 0.0650. The summed E-state index contributed by atoms with van der Waals surface area (Å²) in [5.74, 6) is -5.89. The normalized spacial score (nSPS) is 10.6. The molecule has 2 aromatic rings. The van der Waals surface area contributed by atoms with Crippen molar-refractivity contribution < 1.29 is 39.6 Å². The third-order valence-corrected chi connectivity index (χ3v) is 3.85. The van der Waals surface area contributed by atoms with E-state index in [2.05, 4.69) is 0 Å². The molecule has 0 fully saturated rings. The van der Waals surface area contributed by atoms with Crippen molar-refractivity contribution in [2.24, 2.45) is 0 Å². The van der Waals surface area contributed by atoms with E-state index >= 15 is 0 Å². The molecule has 0 amide bonds. The molecule has 4 N–H and O–H groups in total. The predicted octanol–water partition coefficient (Wildman–Crippen LogP) is 2.25. The highest BCUT2D eigenvalue weighted by molar-refractivity contribution is 6.13. The minimum Gasteiger partial charge on any atom is -0.478 e. The molecule has 8 nitrogen and oxygen atoms in total. The van der Waals surface area contributed by atoms with Gasteiger partial charge in [-0.25, -0.2) is 19.2 Å². The molecular weight excluding hydrogens is 320 g/mol. The van der Waals surface area contributed by atoms with Gasteiger partial charge in [0.1, 0.15) is 0 Å². The lowest BCUT2D eigenvalue weighted by Gasteiger charge is -2.15. The minimum atomic E-state index is -1.48. The standard InChI is InChI=1S/C16H12O8/c1-5-7-3-10(14(19)20)12(16(23)24)6(2)8(7)4-9(13(17)18)11(5)15(21)22/h3-4H,1-2H3,(H,17,18)(H,19,20)(H,21,22)(H,23,24). The van der Waals surface area contributed by atoms with E-state index in [4.69, 9.17) is 0 Å². The average molecular weight is 332 g/mol. The molecule has 0 saturated carbocycles. The van der Waals surface area contributed by atoms with Crippen molar-refractivity contribution in [2.75, 3.05) is 0 Å². The number of aryl methyl sites for hydroxylation is 2. The maximum Gasteiger partial charge on any atom is 0.336 e. The molecule has 0 aliphatic carbocycles. The number of carbonyl (C=O) groups is 4. The van der Waals surface area contributed by atoms with E-state index in [0.717, 1.165) is 12.1 Å². The summed E-state index contributed by atoms with van der Waals surface area (Å²) in [4.78, 5) is 45.5. The zero-order valence-electron chi connectivity index (χ0n) is 12.6. The van der Waals surface area contributed by atoms with E-state index in [1.54, 1.807) is 0 Å². The van der Waals surface area contributed by atoms with Crippen LogP contribution in [0.2, 0.25) is 0 Å². The van der Waals surface area contributed by atoms with Crippen molar-refractivity contribution in [1.29, 1.82) is 0 Å². The summed E-state index contributed by atoms with van der Waals surface area (Å²) < 4.78 is 0. The Morgan fingerprint density at radius 3 is 1.12 bits per heavy atom. The van der Waals surface area contributed by atoms with E-state index in [1.165, 1.54) is 13.8 Å².